The maximum Gasteiger partial charge on any atom is 0.407 e. The summed E-state index contributed by atoms with van der Waals surface area (Å²) in [5.74, 6) is -0.249. The highest BCUT2D eigenvalue weighted by molar-refractivity contribution is 6.33. The molecule has 3 N–H and O–H groups in total. The standard InChI is InChI=1S/C19H20ClNO5/c1-12(22)15-9-14(7-8-16(15)20)18(24)17(23)10-21-19(25)26-11-13-5-3-2-4-6-13/h2-9,17-18,23-24H,10-11H2,1H3,(H,21,25). The summed E-state index contributed by atoms with van der Waals surface area (Å²) in [4.78, 5) is 23.2. The first-order valence-corrected chi connectivity index (χ1v) is 8.37. The minimum Gasteiger partial charge on any atom is -0.445 e. The third kappa shape index (κ3) is 5.56. The van der Waals surface area contributed by atoms with Gasteiger partial charge in [-0.1, -0.05) is 48.0 Å². The number of aliphatic hydroxyl groups excluding tert-OH is 2. The van der Waals surface area contributed by atoms with E-state index in [1.165, 1.54) is 25.1 Å². The Morgan fingerprint density at radius 2 is 1.85 bits per heavy atom. The largest absolute Gasteiger partial charge is 0.445 e. The summed E-state index contributed by atoms with van der Waals surface area (Å²) < 4.78 is 5.03. The molecule has 138 valence electrons. The third-order valence-electron chi connectivity index (χ3n) is 3.74. The highest BCUT2D eigenvalue weighted by Gasteiger charge is 2.21. The van der Waals surface area contributed by atoms with E-state index in [0.717, 1.165) is 5.56 Å². The number of halogens is 1. The van der Waals surface area contributed by atoms with Gasteiger partial charge in [-0.2, -0.15) is 0 Å². The van der Waals surface area contributed by atoms with Crippen LogP contribution in [0.3, 0.4) is 0 Å². The molecule has 0 fully saturated rings. The van der Waals surface area contributed by atoms with Crippen LogP contribution in [0.2, 0.25) is 5.02 Å². The zero-order valence-electron chi connectivity index (χ0n) is 14.2. The molecule has 0 aliphatic heterocycles. The van der Waals surface area contributed by atoms with Crippen molar-refractivity contribution in [1.82, 2.24) is 5.32 Å². The molecule has 26 heavy (non-hydrogen) atoms. The summed E-state index contributed by atoms with van der Waals surface area (Å²) in [6.07, 6.45) is -3.28. The van der Waals surface area contributed by atoms with Crippen molar-refractivity contribution in [3.8, 4) is 0 Å². The molecule has 0 aliphatic carbocycles. The molecule has 0 aromatic heterocycles. The van der Waals surface area contributed by atoms with Crippen molar-refractivity contribution in [1.29, 1.82) is 0 Å². The second kappa shape index (κ2) is 9.33. The predicted octanol–water partition coefficient (Wildman–Crippen LogP) is 2.86. The molecule has 0 aliphatic rings. The Morgan fingerprint density at radius 1 is 1.15 bits per heavy atom. The Bertz CT molecular complexity index is 766. The number of Topliss-reactive ketones (excluding diaryl/α,β-unsaturated/α-hetero) is 1. The fourth-order valence-corrected chi connectivity index (χ4v) is 2.54. The summed E-state index contributed by atoms with van der Waals surface area (Å²) >= 11 is 5.92. The van der Waals surface area contributed by atoms with E-state index in [0.29, 0.717) is 5.56 Å². The van der Waals surface area contributed by atoms with Crippen LogP contribution >= 0.6 is 11.6 Å². The first-order valence-electron chi connectivity index (χ1n) is 7.99. The summed E-state index contributed by atoms with van der Waals surface area (Å²) in [5.41, 5.74) is 1.42. The van der Waals surface area contributed by atoms with E-state index >= 15 is 0 Å². The summed E-state index contributed by atoms with van der Waals surface area (Å²) in [6.45, 7) is 1.25. The molecule has 7 heteroatoms. The van der Waals surface area contributed by atoms with Crippen molar-refractivity contribution in [3.63, 3.8) is 0 Å². The number of carbonyl (C=O) groups excluding carboxylic acids is 2. The Labute approximate surface area is 156 Å². The van der Waals surface area contributed by atoms with Gasteiger partial charge in [-0.15, -0.1) is 0 Å². The number of ketones is 1. The molecule has 2 atom stereocenters. The average Bonchev–Trinajstić information content (AvgIpc) is 2.64. The van der Waals surface area contributed by atoms with E-state index in [4.69, 9.17) is 16.3 Å². The maximum absolute atomic E-state index is 11.7. The van der Waals surface area contributed by atoms with Crippen LogP contribution in [-0.2, 0) is 11.3 Å². The van der Waals surface area contributed by atoms with Gasteiger partial charge in [0.25, 0.3) is 0 Å². The summed E-state index contributed by atoms with van der Waals surface area (Å²) in [5, 5.41) is 22.9. The quantitative estimate of drug-likeness (QED) is 0.645. The van der Waals surface area contributed by atoms with Crippen molar-refractivity contribution in [2.75, 3.05) is 6.54 Å². The predicted molar refractivity (Wildman–Crippen MR) is 97.1 cm³/mol. The normalized spacial score (nSPS) is 12.9. The number of carbonyl (C=O) groups is 2. The number of benzene rings is 2. The van der Waals surface area contributed by atoms with E-state index in [9.17, 15) is 19.8 Å². The number of aliphatic hydroxyl groups is 2. The lowest BCUT2D eigenvalue weighted by Crippen LogP contribution is -2.35. The fourth-order valence-electron chi connectivity index (χ4n) is 2.29. The Balaban J connectivity index is 1.86. The van der Waals surface area contributed by atoms with Gasteiger partial charge in [-0.25, -0.2) is 4.79 Å². The van der Waals surface area contributed by atoms with Crippen LogP contribution in [0.15, 0.2) is 48.5 Å². The lowest BCUT2D eigenvalue weighted by molar-refractivity contribution is 0.0184. The van der Waals surface area contributed by atoms with E-state index in [2.05, 4.69) is 5.32 Å². The lowest BCUT2D eigenvalue weighted by Gasteiger charge is -2.19. The van der Waals surface area contributed by atoms with Crippen molar-refractivity contribution in [2.24, 2.45) is 0 Å². The van der Waals surface area contributed by atoms with E-state index in [-0.39, 0.29) is 29.5 Å². The number of hydrogen-bond acceptors (Lipinski definition) is 5. The monoisotopic (exact) mass is 377 g/mol. The molecule has 2 aromatic rings. The van der Waals surface area contributed by atoms with Crippen LogP contribution in [0.25, 0.3) is 0 Å². The van der Waals surface area contributed by atoms with Gasteiger partial charge in [0.05, 0.1) is 5.02 Å². The summed E-state index contributed by atoms with van der Waals surface area (Å²) in [6, 6.07) is 13.6. The van der Waals surface area contributed by atoms with Crippen molar-refractivity contribution >= 4 is 23.5 Å². The number of rotatable bonds is 7. The molecule has 6 nitrogen and oxygen atoms in total. The zero-order chi connectivity index (χ0) is 19.1. The molecule has 0 heterocycles. The van der Waals surface area contributed by atoms with Crippen LogP contribution < -0.4 is 5.32 Å². The highest BCUT2D eigenvalue weighted by atomic mass is 35.5. The topological polar surface area (TPSA) is 95.9 Å². The smallest absolute Gasteiger partial charge is 0.407 e. The van der Waals surface area contributed by atoms with Gasteiger partial charge in [-0.3, -0.25) is 4.79 Å². The zero-order valence-corrected chi connectivity index (χ0v) is 14.9. The molecule has 0 radical (unpaired) electrons. The van der Waals surface area contributed by atoms with Gasteiger partial charge in [-0.05, 0) is 30.2 Å². The number of ether oxygens (including phenoxy) is 1. The number of alkyl carbamates (subject to hydrolysis) is 1. The van der Waals surface area contributed by atoms with Crippen LogP contribution in [-0.4, -0.2) is 34.7 Å². The lowest BCUT2D eigenvalue weighted by atomic mass is 10.0. The van der Waals surface area contributed by atoms with Gasteiger partial charge in [0.15, 0.2) is 5.78 Å². The van der Waals surface area contributed by atoms with Crippen LogP contribution in [0, 0.1) is 0 Å². The van der Waals surface area contributed by atoms with Gasteiger partial charge < -0.3 is 20.3 Å². The second-order valence-corrected chi connectivity index (χ2v) is 6.16. The van der Waals surface area contributed by atoms with E-state index in [1.807, 2.05) is 30.3 Å². The molecule has 2 aromatic carbocycles. The molecule has 2 unspecified atom stereocenters. The molecule has 1 amide bonds. The van der Waals surface area contributed by atoms with E-state index < -0.39 is 18.3 Å². The van der Waals surface area contributed by atoms with Gasteiger partial charge in [0, 0.05) is 12.1 Å². The maximum atomic E-state index is 11.7. The fraction of sp³-hybridized carbons (Fsp3) is 0.263. The van der Waals surface area contributed by atoms with E-state index in [1.54, 1.807) is 0 Å². The van der Waals surface area contributed by atoms with Gasteiger partial charge in [0.2, 0.25) is 0 Å². The third-order valence-corrected chi connectivity index (χ3v) is 4.07. The van der Waals surface area contributed by atoms with Gasteiger partial charge >= 0.3 is 6.09 Å². The molecule has 0 saturated heterocycles. The van der Waals surface area contributed by atoms with Crippen LogP contribution in [0.4, 0.5) is 4.79 Å². The SMILES string of the molecule is CC(=O)c1cc(C(O)C(O)CNC(=O)OCc2ccccc2)ccc1Cl. The van der Waals surface area contributed by atoms with Crippen molar-refractivity contribution < 1.29 is 24.5 Å². The highest BCUT2D eigenvalue weighted by Crippen LogP contribution is 2.24. The first kappa shape index (κ1) is 19.9. The Hall–Kier alpha value is -2.41. The number of hydrogen-bond donors (Lipinski definition) is 3. The summed E-state index contributed by atoms with van der Waals surface area (Å²) in [7, 11) is 0. The van der Waals surface area contributed by atoms with Gasteiger partial charge in [0.1, 0.15) is 18.8 Å². The Morgan fingerprint density at radius 3 is 2.50 bits per heavy atom. The van der Waals surface area contributed by atoms with Crippen LogP contribution in [0.1, 0.15) is 34.5 Å². The number of amides is 1. The minimum absolute atomic E-state index is 0.102. The second-order valence-electron chi connectivity index (χ2n) is 5.75. The molecular weight excluding hydrogens is 358 g/mol. The molecule has 0 saturated carbocycles. The molecular formula is C19H20ClNO5. The molecule has 2 rings (SSSR count). The Kier molecular flexibility index (Phi) is 7.15. The molecule has 0 bridgehead atoms. The average molecular weight is 378 g/mol. The number of nitrogens with one attached hydrogen (secondary N) is 1. The van der Waals surface area contributed by atoms with Crippen molar-refractivity contribution in [2.45, 2.75) is 25.7 Å². The minimum atomic E-state index is -1.29. The van der Waals surface area contributed by atoms with Crippen molar-refractivity contribution in [3.05, 3.63) is 70.2 Å². The first-order chi connectivity index (χ1) is 12.4. The van der Waals surface area contributed by atoms with Crippen LogP contribution in [0.5, 0.6) is 0 Å². The molecule has 0 spiro atoms.